The van der Waals surface area contributed by atoms with Crippen LogP contribution in [0, 0.1) is 0 Å². The molecule has 1 N–H and O–H groups in total. The Hall–Kier alpha value is -3.95. The monoisotopic (exact) mass is 509 g/mol. The van der Waals surface area contributed by atoms with E-state index >= 15 is 0 Å². The molecule has 1 fully saturated rings. The number of fused-ring (bicyclic) bond motifs is 3. The van der Waals surface area contributed by atoms with Gasteiger partial charge in [0.25, 0.3) is 11.8 Å². The Bertz CT molecular complexity index is 1340. The Kier molecular flexibility index (Phi) is 6.57. The fourth-order valence-electron chi connectivity index (χ4n) is 5.11. The minimum atomic E-state index is -3.04. The van der Waals surface area contributed by atoms with Crippen LogP contribution >= 0.6 is 0 Å². The topological polar surface area (TPSA) is 79.7 Å². The van der Waals surface area contributed by atoms with E-state index in [0.29, 0.717) is 41.8 Å². The molecule has 10 heteroatoms. The number of nitrogens with zero attached hydrogens (tertiary/aromatic N) is 4. The van der Waals surface area contributed by atoms with E-state index in [1.165, 1.54) is 11.0 Å². The molecule has 194 valence electrons. The van der Waals surface area contributed by atoms with Crippen molar-refractivity contribution in [2.45, 2.75) is 31.2 Å². The van der Waals surface area contributed by atoms with E-state index in [1.54, 1.807) is 48.3 Å². The summed E-state index contributed by atoms with van der Waals surface area (Å²) in [6, 6.07) is 11.9. The second-order valence-electron chi connectivity index (χ2n) is 9.55. The van der Waals surface area contributed by atoms with E-state index in [4.69, 9.17) is 9.72 Å². The van der Waals surface area contributed by atoms with Crippen LogP contribution in [-0.2, 0) is 4.79 Å². The summed E-state index contributed by atoms with van der Waals surface area (Å²) < 4.78 is 36.5. The van der Waals surface area contributed by atoms with E-state index < -0.39 is 19.1 Å². The number of benzene rings is 2. The van der Waals surface area contributed by atoms with E-state index in [2.05, 4.69) is 11.9 Å². The van der Waals surface area contributed by atoms with Gasteiger partial charge in [0.1, 0.15) is 5.52 Å². The molecule has 0 saturated carbocycles. The van der Waals surface area contributed by atoms with Crippen molar-refractivity contribution in [2.24, 2.45) is 0 Å². The summed E-state index contributed by atoms with van der Waals surface area (Å²) in [5, 5.41) is 2.91. The van der Waals surface area contributed by atoms with Gasteiger partial charge in [0.15, 0.2) is 12.4 Å². The molecule has 2 amide bonds. The third-order valence-electron chi connectivity index (χ3n) is 6.85. The van der Waals surface area contributed by atoms with Gasteiger partial charge in [-0.3, -0.25) is 14.9 Å². The van der Waals surface area contributed by atoms with Gasteiger partial charge in [-0.1, -0.05) is 24.8 Å². The second-order valence-corrected chi connectivity index (χ2v) is 9.55. The second kappa shape index (κ2) is 9.84. The molecule has 1 atom stereocenters. The number of hydrogen-bond acceptors (Lipinski definition) is 5. The molecular formula is C27H29F2N5O3. The number of ether oxygens (including phenoxy) is 1. The highest BCUT2D eigenvalue weighted by Crippen LogP contribution is 2.43. The van der Waals surface area contributed by atoms with Crippen LogP contribution in [0.2, 0.25) is 0 Å². The van der Waals surface area contributed by atoms with Crippen molar-refractivity contribution in [1.29, 1.82) is 0 Å². The van der Waals surface area contributed by atoms with E-state index in [9.17, 15) is 18.4 Å². The van der Waals surface area contributed by atoms with Crippen LogP contribution in [0.25, 0.3) is 11.0 Å². The fourth-order valence-corrected chi connectivity index (χ4v) is 5.11. The molecule has 1 unspecified atom stereocenters. The maximum Gasteiger partial charge on any atom is 0.298 e. The Morgan fingerprint density at radius 1 is 1.19 bits per heavy atom. The standard InChI is InChI=1S/C27H29F2N5O3/c1-3-22(35)33-14-8-7-11-19(15-33)34-23-20(30-26(34)31-25(36)18-9-5-4-6-10-18)12-13-21-24(23)37-17-27(28,29)16-32(21)2/h3-6,9-10,12-13,19H,1,7-8,11,14-17H2,2H3,(H,30,31,36). The van der Waals surface area contributed by atoms with E-state index in [1.807, 2.05) is 10.6 Å². The molecule has 8 nitrogen and oxygen atoms in total. The SMILES string of the molecule is C=CC(=O)N1CCCCC(n2c(NC(=O)c3ccccc3)nc3ccc4c(c32)OCC(F)(F)CN4C)C1. The number of rotatable bonds is 4. The number of likely N-dealkylation sites (tertiary alicyclic amines) is 1. The normalized spacial score (nSPS) is 19.4. The molecule has 5 rings (SSSR count). The van der Waals surface area contributed by atoms with Crippen molar-refractivity contribution in [3.8, 4) is 5.75 Å². The Labute approximate surface area is 213 Å². The molecule has 0 radical (unpaired) electrons. The van der Waals surface area contributed by atoms with Gasteiger partial charge in [0.05, 0.1) is 23.8 Å². The highest BCUT2D eigenvalue weighted by Gasteiger charge is 2.38. The molecule has 3 aromatic rings. The van der Waals surface area contributed by atoms with Gasteiger partial charge >= 0.3 is 0 Å². The first-order valence-electron chi connectivity index (χ1n) is 12.3. The summed E-state index contributed by atoms with van der Waals surface area (Å²) in [7, 11) is 1.60. The van der Waals surface area contributed by atoms with Gasteiger partial charge in [-0.15, -0.1) is 0 Å². The minimum absolute atomic E-state index is 0.180. The van der Waals surface area contributed by atoms with Crippen LogP contribution in [0.1, 0.15) is 35.7 Å². The molecular weight excluding hydrogens is 480 g/mol. The van der Waals surface area contributed by atoms with Crippen LogP contribution in [0.3, 0.4) is 0 Å². The summed E-state index contributed by atoms with van der Waals surface area (Å²) in [4.78, 5) is 33.5. The quantitative estimate of drug-likeness (QED) is 0.525. The summed E-state index contributed by atoms with van der Waals surface area (Å²) in [6.45, 7) is 3.31. The van der Waals surface area contributed by atoms with Crippen LogP contribution in [0.15, 0.2) is 55.1 Å². The molecule has 1 saturated heterocycles. The molecule has 2 aromatic carbocycles. The molecule has 37 heavy (non-hydrogen) atoms. The first-order valence-corrected chi connectivity index (χ1v) is 12.3. The lowest BCUT2D eigenvalue weighted by atomic mass is 10.1. The number of hydrogen-bond donors (Lipinski definition) is 1. The summed E-state index contributed by atoms with van der Waals surface area (Å²) in [5.74, 6) is -3.00. The smallest absolute Gasteiger partial charge is 0.298 e. The highest BCUT2D eigenvalue weighted by atomic mass is 19.3. The number of aromatic nitrogens is 2. The largest absolute Gasteiger partial charge is 0.483 e. The lowest BCUT2D eigenvalue weighted by Gasteiger charge is -2.27. The van der Waals surface area contributed by atoms with E-state index in [-0.39, 0.29) is 29.6 Å². The van der Waals surface area contributed by atoms with Crippen LogP contribution in [0.4, 0.5) is 20.4 Å². The lowest BCUT2D eigenvalue weighted by molar-refractivity contribution is -0.126. The van der Waals surface area contributed by atoms with Crippen molar-refractivity contribution in [2.75, 3.05) is 43.5 Å². The predicted molar refractivity (Wildman–Crippen MR) is 138 cm³/mol. The number of amides is 2. The zero-order chi connectivity index (χ0) is 26.2. The number of halogens is 2. The van der Waals surface area contributed by atoms with Crippen molar-refractivity contribution in [3.63, 3.8) is 0 Å². The van der Waals surface area contributed by atoms with Gasteiger partial charge in [-0.25, -0.2) is 13.8 Å². The van der Waals surface area contributed by atoms with Crippen molar-refractivity contribution >= 4 is 34.5 Å². The number of carbonyl (C=O) groups is 2. The average molecular weight is 510 g/mol. The van der Waals surface area contributed by atoms with Crippen LogP contribution in [0.5, 0.6) is 5.75 Å². The average Bonchev–Trinajstić information content (AvgIpc) is 3.01. The summed E-state index contributed by atoms with van der Waals surface area (Å²) >= 11 is 0. The van der Waals surface area contributed by atoms with Gasteiger partial charge in [-0.2, -0.15) is 0 Å². The molecule has 0 bridgehead atoms. The third-order valence-corrected chi connectivity index (χ3v) is 6.85. The van der Waals surface area contributed by atoms with Crippen molar-refractivity contribution in [3.05, 3.63) is 60.7 Å². The minimum Gasteiger partial charge on any atom is -0.483 e. The number of imidazole rings is 1. The first kappa shape index (κ1) is 24.7. The first-order chi connectivity index (χ1) is 17.8. The predicted octanol–water partition coefficient (Wildman–Crippen LogP) is 4.49. The molecule has 3 heterocycles. The maximum absolute atomic E-state index is 14.4. The van der Waals surface area contributed by atoms with Crippen molar-refractivity contribution < 1.29 is 23.1 Å². The zero-order valence-corrected chi connectivity index (χ0v) is 20.6. The molecule has 0 aliphatic carbocycles. The molecule has 1 aromatic heterocycles. The Balaban J connectivity index is 1.66. The third kappa shape index (κ3) is 4.87. The lowest BCUT2D eigenvalue weighted by Crippen LogP contribution is -2.36. The zero-order valence-electron chi connectivity index (χ0n) is 20.6. The van der Waals surface area contributed by atoms with E-state index in [0.717, 1.165) is 12.8 Å². The number of nitrogens with one attached hydrogen (secondary N) is 1. The molecule has 0 spiro atoms. The highest BCUT2D eigenvalue weighted by molar-refractivity contribution is 6.04. The van der Waals surface area contributed by atoms with Gasteiger partial charge in [-0.05, 0) is 49.6 Å². The van der Waals surface area contributed by atoms with Gasteiger partial charge in [0, 0.05) is 25.7 Å². The maximum atomic E-state index is 14.4. The van der Waals surface area contributed by atoms with Gasteiger partial charge in [0.2, 0.25) is 11.9 Å². The van der Waals surface area contributed by atoms with Crippen LogP contribution in [-0.4, -0.2) is 65.5 Å². The number of carbonyl (C=O) groups excluding carboxylic acids is 2. The summed E-state index contributed by atoms with van der Waals surface area (Å²) in [6.07, 6.45) is 3.65. The number of alkyl halides is 2. The molecule has 2 aliphatic rings. The fraction of sp³-hybridized carbons (Fsp3) is 0.370. The molecule has 2 aliphatic heterocycles. The Morgan fingerprint density at radius 2 is 1.97 bits per heavy atom. The van der Waals surface area contributed by atoms with Gasteiger partial charge < -0.3 is 19.1 Å². The summed E-state index contributed by atoms with van der Waals surface area (Å²) in [5.41, 5.74) is 1.99. The van der Waals surface area contributed by atoms with Crippen LogP contribution < -0.4 is 15.0 Å². The Morgan fingerprint density at radius 3 is 2.73 bits per heavy atom. The number of anilines is 2. The van der Waals surface area contributed by atoms with Crippen molar-refractivity contribution in [1.82, 2.24) is 14.5 Å².